The Labute approximate surface area is 193 Å². The van der Waals surface area contributed by atoms with Crippen LogP contribution in [0.15, 0.2) is 58.3 Å². The minimum Gasteiger partial charge on any atom is -0.462 e. The first-order valence-corrected chi connectivity index (χ1v) is 13.7. The van der Waals surface area contributed by atoms with E-state index < -0.39 is 25.8 Å². The SMILES string of the molecule is CCOC(=O)c1ccc(NC(=O)C2CCN(S(=O)(=O)c3cccc(S(C)(=O)=O)c3)CC2)cc1. The maximum Gasteiger partial charge on any atom is 0.338 e. The van der Waals surface area contributed by atoms with Crippen LogP contribution in [0, 0.1) is 5.92 Å². The van der Waals surface area contributed by atoms with Gasteiger partial charge in [0.25, 0.3) is 0 Å². The molecule has 0 spiro atoms. The monoisotopic (exact) mass is 494 g/mol. The van der Waals surface area contributed by atoms with Gasteiger partial charge in [0.2, 0.25) is 15.9 Å². The summed E-state index contributed by atoms with van der Waals surface area (Å²) in [5.74, 6) is -1.04. The number of rotatable bonds is 7. The number of hydrogen-bond acceptors (Lipinski definition) is 7. The molecule has 2 aromatic carbocycles. The van der Waals surface area contributed by atoms with Crippen molar-refractivity contribution in [2.45, 2.75) is 29.6 Å². The van der Waals surface area contributed by atoms with Crippen LogP contribution in [0.25, 0.3) is 0 Å². The van der Waals surface area contributed by atoms with E-state index in [2.05, 4.69) is 5.32 Å². The van der Waals surface area contributed by atoms with Crippen LogP contribution in [-0.2, 0) is 29.4 Å². The van der Waals surface area contributed by atoms with Gasteiger partial charge in [0.05, 0.1) is 22.0 Å². The van der Waals surface area contributed by atoms with E-state index in [0.717, 1.165) is 12.3 Å². The molecule has 9 nitrogen and oxygen atoms in total. The molecule has 0 unspecified atom stereocenters. The molecule has 0 bridgehead atoms. The summed E-state index contributed by atoms with van der Waals surface area (Å²) in [5, 5.41) is 2.79. The summed E-state index contributed by atoms with van der Waals surface area (Å²) in [5.41, 5.74) is 0.911. The normalized spacial score (nSPS) is 15.7. The van der Waals surface area contributed by atoms with E-state index in [0.29, 0.717) is 24.1 Å². The number of carbonyl (C=O) groups is 2. The summed E-state index contributed by atoms with van der Waals surface area (Å²) in [4.78, 5) is 24.2. The molecule has 1 fully saturated rings. The number of sulfone groups is 1. The smallest absolute Gasteiger partial charge is 0.338 e. The van der Waals surface area contributed by atoms with E-state index in [1.807, 2.05) is 0 Å². The fraction of sp³-hybridized carbons (Fsp3) is 0.364. The van der Waals surface area contributed by atoms with E-state index in [1.54, 1.807) is 31.2 Å². The molecule has 0 saturated carbocycles. The Morgan fingerprint density at radius 2 is 1.61 bits per heavy atom. The number of esters is 1. The first-order valence-electron chi connectivity index (χ1n) is 10.4. The molecule has 33 heavy (non-hydrogen) atoms. The lowest BCUT2D eigenvalue weighted by atomic mass is 9.97. The molecule has 0 aliphatic carbocycles. The van der Waals surface area contributed by atoms with E-state index >= 15 is 0 Å². The zero-order valence-corrected chi connectivity index (χ0v) is 20.0. The van der Waals surface area contributed by atoms with Crippen molar-refractivity contribution in [1.29, 1.82) is 0 Å². The van der Waals surface area contributed by atoms with E-state index in [-0.39, 0.29) is 41.3 Å². The fourth-order valence-electron chi connectivity index (χ4n) is 3.52. The van der Waals surface area contributed by atoms with Crippen molar-refractivity contribution >= 4 is 37.4 Å². The van der Waals surface area contributed by atoms with Crippen LogP contribution >= 0.6 is 0 Å². The molecule has 1 saturated heterocycles. The number of carbonyl (C=O) groups excluding carboxylic acids is 2. The Kier molecular flexibility index (Phi) is 7.55. The van der Waals surface area contributed by atoms with Gasteiger partial charge in [-0.25, -0.2) is 21.6 Å². The summed E-state index contributed by atoms with van der Waals surface area (Å²) in [6, 6.07) is 11.6. The van der Waals surface area contributed by atoms with Crippen molar-refractivity contribution in [1.82, 2.24) is 4.31 Å². The van der Waals surface area contributed by atoms with Crippen molar-refractivity contribution in [2.75, 3.05) is 31.3 Å². The number of nitrogens with one attached hydrogen (secondary N) is 1. The largest absolute Gasteiger partial charge is 0.462 e. The number of nitrogens with zero attached hydrogens (tertiary/aromatic N) is 1. The number of amides is 1. The number of sulfonamides is 1. The molecular formula is C22H26N2O7S2. The third-order valence-electron chi connectivity index (χ3n) is 5.36. The van der Waals surface area contributed by atoms with Crippen LogP contribution in [0.1, 0.15) is 30.1 Å². The quantitative estimate of drug-likeness (QED) is 0.585. The highest BCUT2D eigenvalue weighted by Gasteiger charge is 2.32. The Hall–Kier alpha value is -2.76. The number of hydrogen-bond donors (Lipinski definition) is 1. The first-order chi connectivity index (χ1) is 15.5. The van der Waals surface area contributed by atoms with Crippen molar-refractivity contribution in [3.05, 3.63) is 54.1 Å². The Bertz CT molecular complexity index is 1230. The van der Waals surface area contributed by atoms with Gasteiger partial charge in [0.1, 0.15) is 0 Å². The average molecular weight is 495 g/mol. The van der Waals surface area contributed by atoms with Gasteiger partial charge < -0.3 is 10.1 Å². The van der Waals surface area contributed by atoms with Crippen molar-refractivity contribution < 1.29 is 31.2 Å². The van der Waals surface area contributed by atoms with Crippen molar-refractivity contribution in [3.8, 4) is 0 Å². The summed E-state index contributed by atoms with van der Waals surface area (Å²) in [6.45, 7) is 2.28. The molecule has 2 aromatic rings. The van der Waals surface area contributed by atoms with Gasteiger partial charge in [-0.05, 0) is 62.2 Å². The first kappa shape index (κ1) is 24.9. The average Bonchev–Trinajstić information content (AvgIpc) is 2.79. The molecule has 0 radical (unpaired) electrons. The van der Waals surface area contributed by atoms with Crippen LogP contribution in [-0.4, -0.2) is 59.0 Å². The maximum absolute atomic E-state index is 13.0. The highest BCUT2D eigenvalue weighted by atomic mass is 32.2. The Balaban J connectivity index is 1.61. The highest BCUT2D eigenvalue weighted by molar-refractivity contribution is 7.91. The molecule has 3 rings (SSSR count). The van der Waals surface area contributed by atoms with Gasteiger partial charge in [0.15, 0.2) is 9.84 Å². The Morgan fingerprint density at radius 1 is 1.00 bits per heavy atom. The summed E-state index contributed by atoms with van der Waals surface area (Å²) >= 11 is 0. The second-order valence-corrected chi connectivity index (χ2v) is 11.7. The van der Waals surface area contributed by atoms with Crippen molar-refractivity contribution in [2.24, 2.45) is 5.92 Å². The standard InChI is InChI=1S/C22H26N2O7S2/c1-3-31-22(26)17-7-9-18(10-8-17)23-21(25)16-11-13-24(14-12-16)33(29,30)20-6-4-5-19(15-20)32(2,27)28/h4-10,15-16H,3,11-14H2,1-2H3,(H,23,25). The molecule has 1 N–H and O–H groups in total. The zero-order valence-electron chi connectivity index (χ0n) is 18.4. The number of anilines is 1. The van der Waals surface area contributed by atoms with Crippen LogP contribution in [0.5, 0.6) is 0 Å². The molecule has 1 aliphatic heterocycles. The van der Waals surface area contributed by atoms with E-state index in [1.165, 1.54) is 22.5 Å². The predicted octanol–water partition coefficient (Wildman–Crippen LogP) is 2.31. The van der Waals surface area contributed by atoms with Gasteiger partial charge in [-0.2, -0.15) is 4.31 Å². The van der Waals surface area contributed by atoms with Crippen LogP contribution in [0.4, 0.5) is 5.69 Å². The molecule has 0 atom stereocenters. The molecule has 1 heterocycles. The second kappa shape index (κ2) is 10.0. The van der Waals surface area contributed by atoms with Gasteiger partial charge in [0, 0.05) is 31.0 Å². The topological polar surface area (TPSA) is 127 Å². The molecule has 0 aromatic heterocycles. The molecule has 11 heteroatoms. The number of benzene rings is 2. The minimum atomic E-state index is -3.88. The fourth-order valence-corrected chi connectivity index (χ4v) is 5.78. The van der Waals surface area contributed by atoms with E-state index in [4.69, 9.17) is 4.74 Å². The van der Waals surface area contributed by atoms with Gasteiger partial charge in [-0.15, -0.1) is 0 Å². The van der Waals surface area contributed by atoms with E-state index in [9.17, 15) is 26.4 Å². The maximum atomic E-state index is 13.0. The predicted molar refractivity (Wildman–Crippen MR) is 122 cm³/mol. The Morgan fingerprint density at radius 3 is 2.18 bits per heavy atom. The van der Waals surface area contributed by atoms with Gasteiger partial charge in [-0.3, -0.25) is 4.79 Å². The lowest BCUT2D eigenvalue weighted by Crippen LogP contribution is -2.41. The zero-order chi connectivity index (χ0) is 24.2. The third kappa shape index (κ3) is 5.98. The van der Waals surface area contributed by atoms with Crippen LogP contribution in [0.3, 0.4) is 0 Å². The van der Waals surface area contributed by atoms with Gasteiger partial charge >= 0.3 is 5.97 Å². The lowest BCUT2D eigenvalue weighted by Gasteiger charge is -2.30. The number of ether oxygens (including phenoxy) is 1. The van der Waals surface area contributed by atoms with Crippen LogP contribution < -0.4 is 5.32 Å². The number of piperidine rings is 1. The third-order valence-corrected chi connectivity index (χ3v) is 8.36. The summed E-state index contributed by atoms with van der Waals surface area (Å²) in [7, 11) is -7.42. The van der Waals surface area contributed by atoms with Crippen molar-refractivity contribution in [3.63, 3.8) is 0 Å². The molecule has 1 amide bonds. The lowest BCUT2D eigenvalue weighted by molar-refractivity contribution is -0.120. The summed E-state index contributed by atoms with van der Waals surface area (Å²) in [6.07, 6.45) is 1.68. The van der Waals surface area contributed by atoms with Gasteiger partial charge in [-0.1, -0.05) is 6.07 Å². The summed E-state index contributed by atoms with van der Waals surface area (Å²) < 4.78 is 55.6. The highest BCUT2D eigenvalue weighted by Crippen LogP contribution is 2.26. The minimum absolute atomic E-state index is 0.0631. The second-order valence-electron chi connectivity index (χ2n) is 7.71. The molecule has 178 valence electrons. The molecule has 1 aliphatic rings. The molecular weight excluding hydrogens is 468 g/mol. The van der Waals surface area contributed by atoms with Crippen LogP contribution in [0.2, 0.25) is 0 Å².